The first-order valence-corrected chi connectivity index (χ1v) is 7.78. The van der Waals surface area contributed by atoms with Crippen molar-refractivity contribution in [1.29, 1.82) is 0 Å². The van der Waals surface area contributed by atoms with Gasteiger partial charge in [-0.3, -0.25) is 0 Å². The second-order valence-electron chi connectivity index (χ2n) is 5.84. The van der Waals surface area contributed by atoms with Crippen LogP contribution in [0.4, 0.5) is 0 Å². The van der Waals surface area contributed by atoms with Gasteiger partial charge in [0.05, 0.1) is 24.9 Å². The van der Waals surface area contributed by atoms with Crippen molar-refractivity contribution in [2.24, 2.45) is 5.92 Å². The maximum atomic E-state index is 9.28. The van der Waals surface area contributed by atoms with E-state index >= 15 is 0 Å². The van der Waals surface area contributed by atoms with Gasteiger partial charge in [-0.25, -0.2) is 0 Å². The Hall–Kier alpha value is -0.160. The lowest BCUT2D eigenvalue weighted by molar-refractivity contribution is -0.242. The minimum Gasteiger partial charge on any atom is -0.394 e. The maximum absolute atomic E-state index is 9.28. The molecule has 5 atom stereocenters. The van der Waals surface area contributed by atoms with Crippen molar-refractivity contribution in [3.8, 4) is 0 Å². The summed E-state index contributed by atoms with van der Waals surface area (Å²) < 4.78 is 17.8. The van der Waals surface area contributed by atoms with Crippen LogP contribution in [0, 0.1) is 5.92 Å². The van der Waals surface area contributed by atoms with Crippen LogP contribution in [0.2, 0.25) is 0 Å². The third-order valence-electron chi connectivity index (χ3n) is 4.36. The van der Waals surface area contributed by atoms with Crippen LogP contribution in [0.1, 0.15) is 52.4 Å². The molecule has 2 fully saturated rings. The number of aliphatic hydroxyl groups is 1. The molecule has 1 N–H and O–H groups in total. The fourth-order valence-electron chi connectivity index (χ4n) is 2.92. The first-order chi connectivity index (χ1) is 9.24. The van der Waals surface area contributed by atoms with E-state index < -0.39 is 0 Å². The number of hydrogen-bond donors (Lipinski definition) is 1. The Kier molecular flexibility index (Phi) is 6.07. The third kappa shape index (κ3) is 4.15. The van der Waals surface area contributed by atoms with Gasteiger partial charge >= 0.3 is 0 Å². The van der Waals surface area contributed by atoms with Crippen LogP contribution >= 0.6 is 0 Å². The van der Waals surface area contributed by atoms with Crippen molar-refractivity contribution in [2.75, 3.05) is 13.2 Å². The fourth-order valence-corrected chi connectivity index (χ4v) is 2.92. The molecule has 0 amide bonds. The summed E-state index contributed by atoms with van der Waals surface area (Å²) in [6, 6.07) is 0. The van der Waals surface area contributed by atoms with Crippen molar-refractivity contribution in [2.45, 2.75) is 77.0 Å². The van der Waals surface area contributed by atoms with Crippen molar-refractivity contribution in [3.05, 3.63) is 0 Å². The highest BCUT2D eigenvalue weighted by Gasteiger charge is 2.36. The van der Waals surface area contributed by atoms with Gasteiger partial charge in [-0.2, -0.15) is 0 Å². The highest BCUT2D eigenvalue weighted by molar-refractivity contribution is 4.83. The second kappa shape index (κ2) is 7.58. The summed E-state index contributed by atoms with van der Waals surface area (Å²) in [5.41, 5.74) is 0. The molecule has 2 aliphatic rings. The van der Waals surface area contributed by atoms with Gasteiger partial charge < -0.3 is 19.3 Å². The molecule has 0 aromatic heterocycles. The van der Waals surface area contributed by atoms with Gasteiger partial charge in [0.2, 0.25) is 0 Å². The van der Waals surface area contributed by atoms with Crippen LogP contribution < -0.4 is 0 Å². The lowest BCUT2D eigenvalue weighted by atomic mass is 9.90. The Morgan fingerprint density at radius 3 is 2.74 bits per heavy atom. The number of hydrogen-bond acceptors (Lipinski definition) is 4. The van der Waals surface area contributed by atoms with Crippen molar-refractivity contribution >= 4 is 0 Å². The van der Waals surface area contributed by atoms with Crippen molar-refractivity contribution in [3.63, 3.8) is 0 Å². The summed E-state index contributed by atoms with van der Waals surface area (Å²) in [4.78, 5) is 0. The quantitative estimate of drug-likeness (QED) is 0.835. The molecular formula is C15H28O4. The summed E-state index contributed by atoms with van der Waals surface area (Å²) in [6.07, 6.45) is 6.34. The Morgan fingerprint density at radius 1 is 1.26 bits per heavy atom. The SMILES string of the molecule is CC[C@H](C)[C@@H]1O[C@H](CO)CC[C@@H]1O[C@H]1CCCCO1. The van der Waals surface area contributed by atoms with E-state index in [9.17, 15) is 5.11 Å². The summed E-state index contributed by atoms with van der Waals surface area (Å²) in [5.74, 6) is 0.447. The molecule has 2 heterocycles. The van der Waals surface area contributed by atoms with E-state index in [4.69, 9.17) is 14.2 Å². The standard InChI is InChI=1S/C15H28O4/c1-3-11(2)15-13(8-7-12(10-16)18-15)19-14-6-4-5-9-17-14/h11-16H,3-10H2,1-2H3/t11-,12-,13-,14-,15-/m0/s1. The predicted octanol–water partition coefficient (Wildman–Crippen LogP) is 2.48. The van der Waals surface area contributed by atoms with Crippen LogP contribution in [0.15, 0.2) is 0 Å². The van der Waals surface area contributed by atoms with Crippen LogP contribution in [0.25, 0.3) is 0 Å². The van der Waals surface area contributed by atoms with Gasteiger partial charge in [-0.1, -0.05) is 20.3 Å². The summed E-state index contributed by atoms with van der Waals surface area (Å²) >= 11 is 0. The van der Waals surface area contributed by atoms with Gasteiger partial charge in [-0.05, 0) is 38.0 Å². The summed E-state index contributed by atoms with van der Waals surface area (Å²) in [7, 11) is 0. The Labute approximate surface area is 116 Å². The monoisotopic (exact) mass is 272 g/mol. The van der Waals surface area contributed by atoms with E-state index in [0.29, 0.717) is 5.92 Å². The molecule has 0 radical (unpaired) electrons. The second-order valence-corrected chi connectivity index (χ2v) is 5.84. The molecule has 4 nitrogen and oxygen atoms in total. The Balaban J connectivity index is 1.91. The molecule has 2 saturated heterocycles. The summed E-state index contributed by atoms with van der Waals surface area (Å²) in [6.45, 7) is 5.29. The number of rotatable bonds is 5. The smallest absolute Gasteiger partial charge is 0.158 e. The zero-order valence-corrected chi connectivity index (χ0v) is 12.2. The lowest BCUT2D eigenvalue weighted by Gasteiger charge is -2.40. The lowest BCUT2D eigenvalue weighted by Crippen LogP contribution is -2.47. The van der Waals surface area contributed by atoms with E-state index in [1.54, 1.807) is 0 Å². The zero-order chi connectivity index (χ0) is 13.7. The van der Waals surface area contributed by atoms with Crippen LogP contribution in [-0.4, -0.2) is 42.9 Å². The van der Waals surface area contributed by atoms with E-state index in [-0.39, 0.29) is 31.2 Å². The Morgan fingerprint density at radius 2 is 2.11 bits per heavy atom. The van der Waals surface area contributed by atoms with Crippen molar-refractivity contribution in [1.82, 2.24) is 0 Å². The molecule has 2 rings (SSSR count). The molecule has 0 aromatic carbocycles. The average Bonchev–Trinajstić information content (AvgIpc) is 2.48. The van der Waals surface area contributed by atoms with E-state index in [1.807, 2.05) is 0 Å². The van der Waals surface area contributed by atoms with Crippen LogP contribution in [0.5, 0.6) is 0 Å². The highest BCUT2D eigenvalue weighted by atomic mass is 16.7. The molecule has 4 heteroatoms. The van der Waals surface area contributed by atoms with Crippen LogP contribution in [0.3, 0.4) is 0 Å². The summed E-state index contributed by atoms with van der Waals surface area (Å²) in [5, 5.41) is 9.28. The molecule has 0 bridgehead atoms. The fraction of sp³-hybridized carbons (Fsp3) is 1.00. The average molecular weight is 272 g/mol. The van der Waals surface area contributed by atoms with E-state index in [0.717, 1.165) is 38.7 Å². The van der Waals surface area contributed by atoms with Crippen LogP contribution in [-0.2, 0) is 14.2 Å². The normalized spacial score (nSPS) is 38.1. The molecule has 112 valence electrons. The molecule has 2 aliphatic heterocycles. The number of ether oxygens (including phenoxy) is 3. The molecule has 19 heavy (non-hydrogen) atoms. The third-order valence-corrected chi connectivity index (χ3v) is 4.36. The van der Waals surface area contributed by atoms with Gasteiger partial charge in [0.25, 0.3) is 0 Å². The first-order valence-electron chi connectivity index (χ1n) is 7.78. The maximum Gasteiger partial charge on any atom is 0.158 e. The van der Waals surface area contributed by atoms with Gasteiger partial charge in [-0.15, -0.1) is 0 Å². The predicted molar refractivity (Wildman–Crippen MR) is 72.9 cm³/mol. The van der Waals surface area contributed by atoms with Gasteiger partial charge in [0.1, 0.15) is 0 Å². The van der Waals surface area contributed by atoms with E-state index in [1.165, 1.54) is 6.42 Å². The molecule has 0 unspecified atom stereocenters. The molecule has 0 aromatic rings. The molecule has 0 saturated carbocycles. The topological polar surface area (TPSA) is 47.9 Å². The number of aliphatic hydroxyl groups excluding tert-OH is 1. The largest absolute Gasteiger partial charge is 0.394 e. The highest BCUT2D eigenvalue weighted by Crippen LogP contribution is 2.30. The van der Waals surface area contributed by atoms with Gasteiger partial charge in [0.15, 0.2) is 6.29 Å². The van der Waals surface area contributed by atoms with Gasteiger partial charge in [0, 0.05) is 6.61 Å². The minimum absolute atomic E-state index is 0.0221. The van der Waals surface area contributed by atoms with E-state index in [2.05, 4.69) is 13.8 Å². The zero-order valence-electron chi connectivity index (χ0n) is 12.2. The molecular weight excluding hydrogens is 244 g/mol. The Bertz CT molecular complexity index is 253. The van der Waals surface area contributed by atoms with Crippen molar-refractivity contribution < 1.29 is 19.3 Å². The first kappa shape index (κ1) is 15.2. The molecule has 0 aliphatic carbocycles. The minimum atomic E-state index is -0.0559. The molecule has 0 spiro atoms.